The maximum absolute atomic E-state index is 14.0. The second-order valence-electron chi connectivity index (χ2n) is 10.1. The number of rotatable bonds is 7. The summed E-state index contributed by atoms with van der Waals surface area (Å²) in [4.78, 5) is 67.0. The number of aromatic nitrogens is 1. The number of benzene rings is 3. The molecule has 236 valence electrons. The van der Waals surface area contributed by atoms with Crippen LogP contribution in [0.2, 0.25) is 5.02 Å². The minimum atomic E-state index is -4.72. The molecular weight excluding hydrogens is 673 g/mol. The topological polar surface area (TPSA) is 152 Å². The number of anilines is 2. The van der Waals surface area contributed by atoms with Crippen molar-refractivity contribution in [3.63, 3.8) is 0 Å². The van der Waals surface area contributed by atoms with Gasteiger partial charge in [0.1, 0.15) is 11.0 Å². The number of carbonyl (C=O) groups is 3. The number of nitrogens with zero attached hydrogens (tertiary/aromatic N) is 2. The van der Waals surface area contributed by atoms with Gasteiger partial charge in [-0.1, -0.05) is 46.8 Å². The Hall–Kier alpha value is -4.67. The molecule has 4 aromatic rings. The van der Waals surface area contributed by atoms with Crippen LogP contribution < -0.4 is 19.8 Å². The lowest BCUT2D eigenvalue weighted by molar-refractivity contribution is -0.384. The van der Waals surface area contributed by atoms with E-state index in [0.29, 0.717) is 9.90 Å². The molecule has 1 fully saturated rings. The number of thiazole rings is 1. The molecule has 17 heteroatoms. The largest absolute Gasteiger partial charge is 0.483 e. The summed E-state index contributed by atoms with van der Waals surface area (Å²) in [7, 11) is 0. The Morgan fingerprint density at radius 3 is 2.48 bits per heavy atom. The average Bonchev–Trinajstić information content (AvgIpc) is 3.50. The number of hydrogen-bond acceptors (Lipinski definition) is 9. The predicted octanol–water partition coefficient (Wildman–Crippen LogP) is 5.83. The second-order valence-corrected chi connectivity index (χ2v) is 12.7. The van der Waals surface area contributed by atoms with Crippen molar-refractivity contribution in [1.29, 1.82) is 0 Å². The molecule has 0 spiro atoms. The van der Waals surface area contributed by atoms with Crippen LogP contribution in [0.25, 0.3) is 0 Å². The normalized spacial score (nSPS) is 19.0. The van der Waals surface area contributed by atoms with Gasteiger partial charge in [0.25, 0.3) is 11.6 Å². The number of imide groups is 1. The lowest BCUT2D eigenvalue weighted by atomic mass is 9.82. The van der Waals surface area contributed by atoms with Crippen LogP contribution in [0.4, 0.5) is 30.2 Å². The number of fused-ring (bicyclic) bond motifs is 2. The van der Waals surface area contributed by atoms with Gasteiger partial charge >= 0.3 is 11.0 Å². The van der Waals surface area contributed by atoms with Gasteiger partial charge in [0, 0.05) is 33.5 Å². The summed E-state index contributed by atoms with van der Waals surface area (Å²) in [5, 5.41) is 12.9. The third-order valence-electron chi connectivity index (χ3n) is 7.31. The van der Waals surface area contributed by atoms with E-state index in [1.165, 1.54) is 42.5 Å². The van der Waals surface area contributed by atoms with Crippen molar-refractivity contribution in [3.8, 4) is 5.75 Å². The molecule has 6 rings (SSSR count). The van der Waals surface area contributed by atoms with Crippen molar-refractivity contribution in [2.24, 2.45) is 5.92 Å². The van der Waals surface area contributed by atoms with Crippen molar-refractivity contribution in [2.75, 3.05) is 16.8 Å². The second kappa shape index (κ2) is 11.9. The highest BCUT2D eigenvalue weighted by Crippen LogP contribution is 2.55. The molecule has 1 saturated heterocycles. The number of amides is 3. The summed E-state index contributed by atoms with van der Waals surface area (Å²) in [6, 6.07) is 13.7. The summed E-state index contributed by atoms with van der Waals surface area (Å²) >= 11 is 8.16. The summed E-state index contributed by atoms with van der Waals surface area (Å²) in [5.41, 5.74) is -1.37. The van der Waals surface area contributed by atoms with E-state index in [1.807, 2.05) is 0 Å². The minimum Gasteiger partial charge on any atom is -0.483 e. The number of nitrogens with one attached hydrogen (secondary N) is 2. The highest BCUT2D eigenvalue weighted by atomic mass is 35.5. The molecule has 0 bridgehead atoms. The van der Waals surface area contributed by atoms with Crippen molar-refractivity contribution in [1.82, 2.24) is 4.98 Å². The molecule has 46 heavy (non-hydrogen) atoms. The summed E-state index contributed by atoms with van der Waals surface area (Å²) in [5.74, 6) is -4.16. The lowest BCUT2D eigenvalue weighted by Gasteiger charge is -2.31. The smallest absolute Gasteiger partial charge is 0.418 e. The van der Waals surface area contributed by atoms with Gasteiger partial charge in [0.15, 0.2) is 6.61 Å². The SMILES string of the molecule is O=C(COc1ccc(Cl)cc1C1c2sc(=O)[nH]c2SC2C(=O)N(c3ccc([N+](=O)[O-])cc3)C(=O)C21)Nc1ccccc1C(F)(F)F. The number of carbonyl (C=O) groups excluding carboxylic acids is 3. The average molecular weight is 691 g/mol. The fraction of sp³-hybridized carbons (Fsp3) is 0.172. The molecule has 3 heterocycles. The van der Waals surface area contributed by atoms with Crippen LogP contribution in [0, 0.1) is 16.0 Å². The number of hydrogen-bond donors (Lipinski definition) is 2. The standard InChI is InChI=1S/C29H18ClF3N4O7S2/c30-13-5-10-19(44-12-20(38)34-18-4-2-1-3-17(18)29(31,32)33)16(11-13)21-22-24(45-25-23(21)46-28(41)35-25)27(40)36(26(22)39)14-6-8-15(9-7-14)37(42)43/h1-11,21-22,24H,12H2,(H,34,38)(H,35,41). The first-order valence-electron chi connectivity index (χ1n) is 13.2. The molecule has 2 aliphatic heterocycles. The van der Waals surface area contributed by atoms with Crippen LogP contribution in [-0.2, 0) is 20.6 Å². The Kier molecular flexibility index (Phi) is 8.12. The Morgan fingerprint density at radius 1 is 1.07 bits per heavy atom. The van der Waals surface area contributed by atoms with Crippen molar-refractivity contribution in [2.45, 2.75) is 22.4 Å². The quantitative estimate of drug-likeness (QED) is 0.140. The van der Waals surface area contributed by atoms with Crippen LogP contribution in [0.5, 0.6) is 5.75 Å². The lowest BCUT2D eigenvalue weighted by Crippen LogP contribution is -2.32. The van der Waals surface area contributed by atoms with Gasteiger partial charge in [0.2, 0.25) is 11.8 Å². The first-order chi connectivity index (χ1) is 21.8. The molecule has 11 nitrogen and oxygen atoms in total. The molecule has 0 saturated carbocycles. The van der Waals surface area contributed by atoms with E-state index in [4.69, 9.17) is 16.3 Å². The van der Waals surface area contributed by atoms with Crippen LogP contribution in [0.3, 0.4) is 0 Å². The molecule has 3 aromatic carbocycles. The number of para-hydroxylation sites is 1. The Balaban J connectivity index is 1.34. The zero-order valence-corrected chi connectivity index (χ0v) is 25.3. The zero-order chi connectivity index (χ0) is 32.9. The third kappa shape index (κ3) is 5.74. The predicted molar refractivity (Wildman–Crippen MR) is 163 cm³/mol. The van der Waals surface area contributed by atoms with Gasteiger partial charge in [-0.2, -0.15) is 13.2 Å². The molecule has 3 unspecified atom stereocenters. The number of nitro groups is 1. The molecule has 3 atom stereocenters. The number of nitro benzene ring substituents is 1. The van der Waals surface area contributed by atoms with Gasteiger partial charge in [-0.15, -0.1) is 0 Å². The summed E-state index contributed by atoms with van der Waals surface area (Å²) < 4.78 is 46.0. The minimum absolute atomic E-state index is 0.0418. The van der Waals surface area contributed by atoms with Gasteiger partial charge in [0.05, 0.1) is 32.8 Å². The van der Waals surface area contributed by atoms with Gasteiger partial charge in [-0.3, -0.25) is 29.3 Å². The zero-order valence-electron chi connectivity index (χ0n) is 22.9. The molecule has 2 aliphatic rings. The van der Waals surface area contributed by atoms with Gasteiger partial charge in [-0.05, 0) is 42.5 Å². The van der Waals surface area contributed by atoms with E-state index in [9.17, 15) is 42.5 Å². The van der Waals surface area contributed by atoms with E-state index in [1.54, 1.807) is 0 Å². The van der Waals surface area contributed by atoms with Crippen molar-refractivity contribution < 1.29 is 37.2 Å². The van der Waals surface area contributed by atoms with Crippen LogP contribution in [-0.4, -0.2) is 39.5 Å². The molecule has 3 amide bonds. The van der Waals surface area contributed by atoms with Crippen molar-refractivity contribution in [3.05, 3.63) is 108 Å². The first-order valence-corrected chi connectivity index (χ1v) is 15.3. The maximum atomic E-state index is 14.0. The highest BCUT2D eigenvalue weighted by molar-refractivity contribution is 8.00. The fourth-order valence-corrected chi connectivity index (χ4v) is 8.08. The maximum Gasteiger partial charge on any atom is 0.418 e. The number of H-pyrrole nitrogens is 1. The number of aromatic amines is 1. The third-order valence-corrected chi connectivity index (χ3v) is 9.95. The Labute approximate surface area is 269 Å². The molecule has 0 aliphatic carbocycles. The number of non-ortho nitro benzene ring substituents is 1. The van der Waals surface area contributed by atoms with E-state index in [2.05, 4.69) is 10.3 Å². The Morgan fingerprint density at radius 2 is 1.78 bits per heavy atom. The fourth-order valence-electron chi connectivity index (χ4n) is 5.39. The molecule has 1 aromatic heterocycles. The van der Waals surface area contributed by atoms with Crippen LogP contribution >= 0.6 is 34.7 Å². The van der Waals surface area contributed by atoms with E-state index in [0.717, 1.165) is 52.3 Å². The number of alkyl halides is 3. The van der Waals surface area contributed by atoms with E-state index >= 15 is 0 Å². The number of halogens is 4. The number of thioether (sulfide) groups is 1. The van der Waals surface area contributed by atoms with Gasteiger partial charge in [-0.25, -0.2) is 4.90 Å². The molecular formula is C29H18ClF3N4O7S2. The number of ether oxygens (including phenoxy) is 1. The van der Waals surface area contributed by atoms with Crippen LogP contribution in [0.15, 0.2) is 76.6 Å². The summed E-state index contributed by atoms with van der Waals surface area (Å²) in [6.45, 7) is -0.728. The monoisotopic (exact) mass is 690 g/mol. The van der Waals surface area contributed by atoms with E-state index < -0.39 is 68.6 Å². The van der Waals surface area contributed by atoms with Gasteiger partial charge < -0.3 is 15.0 Å². The first kappa shape index (κ1) is 31.3. The molecule has 0 radical (unpaired) electrons. The van der Waals surface area contributed by atoms with Crippen molar-refractivity contribution >= 4 is 69.5 Å². The highest BCUT2D eigenvalue weighted by Gasteiger charge is 2.57. The Bertz CT molecular complexity index is 1970. The molecule has 2 N–H and O–H groups in total. The van der Waals surface area contributed by atoms with E-state index in [-0.39, 0.29) is 27.7 Å². The summed E-state index contributed by atoms with van der Waals surface area (Å²) in [6.07, 6.45) is -4.72. The van der Waals surface area contributed by atoms with Crippen LogP contribution in [0.1, 0.15) is 21.9 Å².